The number of nitrogens with two attached hydrogens (primary N) is 1. The Morgan fingerprint density at radius 3 is 2.16 bits per heavy atom. The fourth-order valence-corrected chi connectivity index (χ4v) is 6.96. The molecular formula is C17H25NS. The quantitative estimate of drug-likeness (QED) is 0.877. The summed E-state index contributed by atoms with van der Waals surface area (Å²) in [5.74, 6) is 3.12. The van der Waals surface area contributed by atoms with E-state index in [4.69, 9.17) is 5.73 Å². The van der Waals surface area contributed by atoms with Gasteiger partial charge in [-0.05, 0) is 74.3 Å². The lowest BCUT2D eigenvalue weighted by Crippen LogP contribution is -2.48. The van der Waals surface area contributed by atoms with E-state index in [2.05, 4.69) is 24.3 Å². The van der Waals surface area contributed by atoms with E-state index in [9.17, 15) is 0 Å². The minimum atomic E-state index is 0.566. The molecule has 1 heterocycles. The van der Waals surface area contributed by atoms with E-state index in [1.165, 1.54) is 44.1 Å². The lowest BCUT2D eigenvalue weighted by Gasteiger charge is -2.56. The number of aryl methyl sites for hydroxylation is 1. The summed E-state index contributed by atoms with van der Waals surface area (Å²) >= 11 is 2.09. The molecule has 0 atom stereocenters. The van der Waals surface area contributed by atoms with Crippen molar-refractivity contribution in [1.29, 1.82) is 0 Å². The van der Waals surface area contributed by atoms with Gasteiger partial charge >= 0.3 is 0 Å². The highest BCUT2D eigenvalue weighted by Crippen LogP contribution is 2.61. The van der Waals surface area contributed by atoms with E-state index in [0.29, 0.717) is 5.41 Å². The third kappa shape index (κ3) is 1.83. The molecule has 2 N–H and O–H groups in total. The summed E-state index contributed by atoms with van der Waals surface area (Å²) in [5.41, 5.74) is 7.93. The second-order valence-electron chi connectivity index (χ2n) is 7.31. The SMILES string of the molecule is CCc1sc(C23CC4CC(CC(C4)C2)C3)cc1CN. The fourth-order valence-electron chi connectivity index (χ4n) is 5.61. The van der Waals surface area contributed by atoms with Crippen LogP contribution in [-0.4, -0.2) is 0 Å². The van der Waals surface area contributed by atoms with E-state index < -0.39 is 0 Å². The second kappa shape index (κ2) is 4.33. The smallest absolute Gasteiger partial charge is 0.0189 e. The van der Waals surface area contributed by atoms with E-state index in [-0.39, 0.29) is 0 Å². The van der Waals surface area contributed by atoms with Crippen LogP contribution < -0.4 is 5.73 Å². The van der Waals surface area contributed by atoms with Crippen molar-refractivity contribution >= 4 is 11.3 Å². The van der Waals surface area contributed by atoms with Crippen molar-refractivity contribution in [2.75, 3.05) is 0 Å². The molecule has 0 aliphatic heterocycles. The fraction of sp³-hybridized carbons (Fsp3) is 0.765. The molecule has 0 amide bonds. The Bertz CT molecular complexity index is 431. The maximum atomic E-state index is 5.94. The Morgan fingerprint density at radius 2 is 1.74 bits per heavy atom. The first kappa shape index (κ1) is 12.4. The number of hydrogen-bond acceptors (Lipinski definition) is 2. The van der Waals surface area contributed by atoms with Crippen LogP contribution in [0, 0.1) is 17.8 Å². The van der Waals surface area contributed by atoms with Crippen molar-refractivity contribution in [1.82, 2.24) is 0 Å². The van der Waals surface area contributed by atoms with Crippen molar-refractivity contribution < 1.29 is 0 Å². The molecule has 4 saturated carbocycles. The zero-order valence-corrected chi connectivity index (χ0v) is 12.8. The van der Waals surface area contributed by atoms with Gasteiger partial charge in [-0.1, -0.05) is 6.92 Å². The summed E-state index contributed by atoms with van der Waals surface area (Å²) in [4.78, 5) is 3.25. The van der Waals surface area contributed by atoms with Gasteiger partial charge in [-0.25, -0.2) is 0 Å². The molecule has 4 aliphatic carbocycles. The molecule has 0 radical (unpaired) electrons. The number of rotatable bonds is 3. The molecule has 1 nitrogen and oxygen atoms in total. The van der Waals surface area contributed by atoms with Crippen LogP contribution in [0.5, 0.6) is 0 Å². The molecule has 0 spiro atoms. The van der Waals surface area contributed by atoms with Gasteiger partial charge in [0.1, 0.15) is 0 Å². The molecule has 1 aromatic rings. The van der Waals surface area contributed by atoms with E-state index >= 15 is 0 Å². The molecule has 0 saturated heterocycles. The number of thiophene rings is 1. The van der Waals surface area contributed by atoms with Crippen LogP contribution >= 0.6 is 11.3 Å². The van der Waals surface area contributed by atoms with Crippen LogP contribution in [0.25, 0.3) is 0 Å². The van der Waals surface area contributed by atoms with Crippen molar-refractivity contribution in [3.05, 3.63) is 21.4 Å². The summed E-state index contributed by atoms with van der Waals surface area (Å²) in [6.07, 6.45) is 10.2. The van der Waals surface area contributed by atoms with Crippen LogP contribution in [-0.2, 0) is 18.4 Å². The lowest BCUT2D eigenvalue weighted by molar-refractivity contribution is -0.00348. The van der Waals surface area contributed by atoms with Crippen molar-refractivity contribution in [2.45, 2.75) is 63.8 Å². The molecule has 1 aromatic heterocycles. The summed E-state index contributed by atoms with van der Waals surface area (Å²) in [7, 11) is 0. The minimum Gasteiger partial charge on any atom is -0.326 e. The average molecular weight is 275 g/mol. The van der Waals surface area contributed by atoms with Gasteiger partial charge in [-0.3, -0.25) is 0 Å². The zero-order valence-electron chi connectivity index (χ0n) is 12.0. The third-order valence-electron chi connectivity index (χ3n) is 6.00. The van der Waals surface area contributed by atoms with E-state index in [0.717, 1.165) is 30.7 Å². The van der Waals surface area contributed by atoms with Gasteiger partial charge in [-0.15, -0.1) is 11.3 Å². The molecule has 0 unspecified atom stereocenters. The van der Waals surface area contributed by atoms with Gasteiger partial charge in [0.15, 0.2) is 0 Å². The highest BCUT2D eigenvalue weighted by atomic mass is 32.1. The van der Waals surface area contributed by atoms with Crippen molar-refractivity contribution in [3.8, 4) is 0 Å². The lowest BCUT2D eigenvalue weighted by atomic mass is 9.49. The summed E-state index contributed by atoms with van der Waals surface area (Å²) < 4.78 is 0. The first-order valence-electron chi connectivity index (χ1n) is 8.04. The maximum absolute atomic E-state index is 5.94. The highest BCUT2D eigenvalue weighted by Gasteiger charge is 2.52. The molecule has 4 fully saturated rings. The molecule has 4 bridgehead atoms. The summed E-state index contributed by atoms with van der Waals surface area (Å²) in [5, 5.41) is 0. The van der Waals surface area contributed by atoms with Crippen LogP contribution in [0.1, 0.15) is 60.8 Å². The molecule has 4 aliphatic rings. The Morgan fingerprint density at radius 1 is 1.16 bits per heavy atom. The zero-order chi connectivity index (χ0) is 13.0. The maximum Gasteiger partial charge on any atom is 0.0189 e. The Kier molecular flexibility index (Phi) is 2.82. The van der Waals surface area contributed by atoms with Gasteiger partial charge in [0, 0.05) is 21.7 Å². The number of hydrogen-bond donors (Lipinski definition) is 1. The van der Waals surface area contributed by atoms with Gasteiger partial charge in [0.2, 0.25) is 0 Å². The molecule has 5 rings (SSSR count). The Labute approximate surface area is 120 Å². The van der Waals surface area contributed by atoms with Gasteiger partial charge in [0.25, 0.3) is 0 Å². The molecule has 104 valence electrons. The van der Waals surface area contributed by atoms with Gasteiger partial charge in [-0.2, -0.15) is 0 Å². The minimum absolute atomic E-state index is 0.566. The monoisotopic (exact) mass is 275 g/mol. The predicted octanol–water partition coefficient (Wildman–Crippen LogP) is 4.24. The predicted molar refractivity (Wildman–Crippen MR) is 81.4 cm³/mol. The summed E-state index contributed by atoms with van der Waals surface area (Å²) in [6, 6.07) is 2.48. The molecular weight excluding hydrogens is 250 g/mol. The van der Waals surface area contributed by atoms with Gasteiger partial charge < -0.3 is 5.73 Å². The van der Waals surface area contributed by atoms with Crippen LogP contribution in [0.2, 0.25) is 0 Å². The standard InChI is InChI=1S/C17H25NS/c1-2-15-14(10-18)6-16(19-15)17-7-11-3-12(8-17)5-13(4-11)9-17/h6,11-13H,2-5,7-10,18H2,1H3. The largest absolute Gasteiger partial charge is 0.326 e. The first-order valence-corrected chi connectivity index (χ1v) is 8.86. The first-order chi connectivity index (χ1) is 9.22. The normalized spacial score (nSPS) is 40.0. The molecule has 0 aromatic carbocycles. The second-order valence-corrected chi connectivity index (χ2v) is 8.45. The van der Waals surface area contributed by atoms with Gasteiger partial charge in [0.05, 0.1) is 0 Å². The van der Waals surface area contributed by atoms with Crippen LogP contribution in [0.4, 0.5) is 0 Å². The highest BCUT2D eigenvalue weighted by molar-refractivity contribution is 7.12. The van der Waals surface area contributed by atoms with Crippen LogP contribution in [0.15, 0.2) is 6.07 Å². The van der Waals surface area contributed by atoms with Crippen molar-refractivity contribution in [2.24, 2.45) is 23.5 Å². The third-order valence-corrected chi connectivity index (χ3v) is 7.57. The van der Waals surface area contributed by atoms with Crippen LogP contribution in [0.3, 0.4) is 0 Å². The Hall–Kier alpha value is -0.340. The average Bonchev–Trinajstić information content (AvgIpc) is 2.81. The van der Waals surface area contributed by atoms with Crippen molar-refractivity contribution in [3.63, 3.8) is 0 Å². The van der Waals surface area contributed by atoms with E-state index in [1.807, 2.05) is 0 Å². The molecule has 19 heavy (non-hydrogen) atoms. The topological polar surface area (TPSA) is 26.0 Å². The summed E-state index contributed by atoms with van der Waals surface area (Å²) in [6.45, 7) is 3.00. The Balaban J connectivity index is 1.73. The molecule has 2 heteroatoms. The van der Waals surface area contributed by atoms with E-state index in [1.54, 1.807) is 9.75 Å².